The molecule has 1 amide bonds. The molecule has 0 saturated carbocycles. The van der Waals surface area contributed by atoms with E-state index < -0.39 is 26.6 Å². The van der Waals surface area contributed by atoms with Crippen molar-refractivity contribution >= 4 is 15.7 Å². The van der Waals surface area contributed by atoms with E-state index >= 15 is 0 Å². The SMILES string of the molecule is CCCC(=O)NCc1nnc(S(=O)(=O)Cc2ccccc2F)o1. The summed E-state index contributed by atoms with van der Waals surface area (Å²) in [7, 11) is -3.96. The molecule has 0 unspecified atom stereocenters. The second kappa shape index (κ2) is 7.32. The largest absolute Gasteiger partial charge is 0.411 e. The molecule has 0 atom stereocenters. The second-order valence-corrected chi connectivity index (χ2v) is 6.71. The van der Waals surface area contributed by atoms with Crippen molar-refractivity contribution in [1.82, 2.24) is 15.5 Å². The lowest BCUT2D eigenvalue weighted by molar-refractivity contribution is -0.121. The highest BCUT2D eigenvalue weighted by Gasteiger charge is 2.24. The molecule has 1 aromatic heterocycles. The van der Waals surface area contributed by atoms with E-state index in [0.717, 1.165) is 0 Å². The van der Waals surface area contributed by atoms with Gasteiger partial charge in [-0.2, -0.15) is 0 Å². The van der Waals surface area contributed by atoms with Crippen molar-refractivity contribution in [2.24, 2.45) is 0 Å². The maximum atomic E-state index is 13.5. The van der Waals surface area contributed by atoms with Crippen LogP contribution in [0, 0.1) is 5.82 Å². The van der Waals surface area contributed by atoms with Crippen LogP contribution in [-0.4, -0.2) is 24.5 Å². The monoisotopic (exact) mass is 341 g/mol. The van der Waals surface area contributed by atoms with E-state index in [2.05, 4.69) is 15.5 Å². The number of carbonyl (C=O) groups is 1. The smallest absolute Gasteiger partial charge is 0.335 e. The number of rotatable bonds is 7. The van der Waals surface area contributed by atoms with Crippen LogP contribution in [0.15, 0.2) is 33.9 Å². The lowest BCUT2D eigenvalue weighted by atomic mass is 10.2. The van der Waals surface area contributed by atoms with Crippen LogP contribution in [0.2, 0.25) is 0 Å². The number of carbonyl (C=O) groups excluding carboxylic acids is 1. The van der Waals surface area contributed by atoms with Gasteiger partial charge in [0.05, 0.1) is 12.3 Å². The van der Waals surface area contributed by atoms with Gasteiger partial charge in [0.1, 0.15) is 5.82 Å². The minimum Gasteiger partial charge on any atom is -0.411 e. The number of nitrogens with zero attached hydrogens (tertiary/aromatic N) is 2. The fourth-order valence-electron chi connectivity index (χ4n) is 1.81. The van der Waals surface area contributed by atoms with Crippen LogP contribution in [-0.2, 0) is 26.9 Å². The third kappa shape index (κ3) is 4.59. The van der Waals surface area contributed by atoms with Crippen LogP contribution in [0.3, 0.4) is 0 Å². The summed E-state index contributed by atoms with van der Waals surface area (Å²) in [6.45, 7) is 1.81. The molecule has 0 spiro atoms. The zero-order valence-electron chi connectivity index (χ0n) is 12.5. The number of hydrogen-bond donors (Lipinski definition) is 1. The molecule has 0 fully saturated rings. The highest BCUT2D eigenvalue weighted by atomic mass is 32.2. The van der Waals surface area contributed by atoms with E-state index in [4.69, 9.17) is 4.42 Å². The van der Waals surface area contributed by atoms with Gasteiger partial charge in [-0.3, -0.25) is 4.79 Å². The minimum absolute atomic E-state index is 0.0171. The van der Waals surface area contributed by atoms with Crippen LogP contribution >= 0.6 is 0 Å². The van der Waals surface area contributed by atoms with Gasteiger partial charge in [0.25, 0.3) is 0 Å². The summed E-state index contributed by atoms with van der Waals surface area (Å²) in [6, 6.07) is 5.55. The van der Waals surface area contributed by atoms with Gasteiger partial charge in [-0.1, -0.05) is 30.2 Å². The minimum atomic E-state index is -3.96. The van der Waals surface area contributed by atoms with E-state index in [1.54, 1.807) is 0 Å². The Bertz CT molecular complexity index is 789. The predicted molar refractivity (Wildman–Crippen MR) is 78.3 cm³/mol. The molecule has 1 heterocycles. The van der Waals surface area contributed by atoms with Crippen molar-refractivity contribution < 1.29 is 22.0 Å². The number of amides is 1. The van der Waals surface area contributed by atoms with E-state index in [1.165, 1.54) is 24.3 Å². The van der Waals surface area contributed by atoms with Crippen molar-refractivity contribution in [3.8, 4) is 0 Å². The molecule has 0 radical (unpaired) electrons. The Kier molecular flexibility index (Phi) is 5.43. The molecule has 23 heavy (non-hydrogen) atoms. The summed E-state index contributed by atoms with van der Waals surface area (Å²) < 4.78 is 42.9. The van der Waals surface area contributed by atoms with Crippen molar-refractivity contribution in [3.05, 3.63) is 41.5 Å². The Hall–Kier alpha value is -2.29. The molecule has 2 rings (SSSR count). The van der Waals surface area contributed by atoms with Crippen LogP contribution in [0.5, 0.6) is 0 Å². The normalized spacial score (nSPS) is 11.4. The zero-order chi connectivity index (χ0) is 16.9. The Morgan fingerprint density at radius 1 is 1.30 bits per heavy atom. The molecule has 124 valence electrons. The van der Waals surface area contributed by atoms with Gasteiger partial charge >= 0.3 is 5.22 Å². The zero-order valence-corrected chi connectivity index (χ0v) is 13.3. The maximum absolute atomic E-state index is 13.5. The fraction of sp³-hybridized carbons (Fsp3) is 0.357. The molecule has 1 aromatic carbocycles. The molecule has 0 saturated heterocycles. The quantitative estimate of drug-likeness (QED) is 0.820. The van der Waals surface area contributed by atoms with E-state index in [1.807, 2.05) is 6.92 Å². The average molecular weight is 341 g/mol. The summed E-state index contributed by atoms with van der Waals surface area (Å²) >= 11 is 0. The standard InChI is InChI=1S/C14H16FN3O4S/c1-2-5-12(19)16-8-13-17-18-14(22-13)23(20,21)9-10-6-3-4-7-11(10)15/h3-4,6-7H,2,5,8-9H2,1H3,(H,16,19). The summed E-state index contributed by atoms with van der Waals surface area (Å²) in [5.74, 6) is -1.42. The fourth-order valence-corrected chi connectivity index (χ4v) is 2.96. The Morgan fingerprint density at radius 3 is 2.74 bits per heavy atom. The Morgan fingerprint density at radius 2 is 2.04 bits per heavy atom. The highest BCUT2D eigenvalue weighted by molar-refractivity contribution is 7.90. The number of halogens is 1. The molecular weight excluding hydrogens is 325 g/mol. The van der Waals surface area contributed by atoms with E-state index in [-0.39, 0.29) is 23.9 Å². The second-order valence-electron chi connectivity index (χ2n) is 4.84. The molecule has 0 aliphatic rings. The van der Waals surface area contributed by atoms with E-state index in [9.17, 15) is 17.6 Å². The van der Waals surface area contributed by atoms with Crippen LogP contribution in [0.25, 0.3) is 0 Å². The molecule has 0 bridgehead atoms. The molecular formula is C14H16FN3O4S. The van der Waals surface area contributed by atoms with Gasteiger partial charge in [0, 0.05) is 12.0 Å². The summed E-state index contributed by atoms with van der Waals surface area (Å²) in [5, 5.41) is 8.97. The van der Waals surface area contributed by atoms with Crippen LogP contribution < -0.4 is 5.32 Å². The lowest BCUT2D eigenvalue weighted by Crippen LogP contribution is -2.22. The number of aromatic nitrogens is 2. The van der Waals surface area contributed by atoms with Gasteiger partial charge in [0.2, 0.25) is 21.6 Å². The maximum Gasteiger partial charge on any atom is 0.335 e. The summed E-state index contributed by atoms with van der Waals surface area (Å²) in [6.07, 6.45) is 1.05. The molecule has 0 aliphatic carbocycles. The van der Waals surface area contributed by atoms with Gasteiger partial charge in [0.15, 0.2) is 0 Å². The average Bonchev–Trinajstić information content (AvgIpc) is 2.98. The molecule has 7 nitrogen and oxygen atoms in total. The third-order valence-electron chi connectivity index (χ3n) is 2.93. The highest BCUT2D eigenvalue weighted by Crippen LogP contribution is 2.17. The van der Waals surface area contributed by atoms with Gasteiger partial charge in [-0.25, -0.2) is 12.8 Å². The first-order valence-corrected chi connectivity index (χ1v) is 8.63. The third-order valence-corrected chi connectivity index (χ3v) is 4.32. The first kappa shape index (κ1) is 17.1. The van der Waals surface area contributed by atoms with Gasteiger partial charge in [-0.05, 0) is 12.5 Å². The first-order valence-electron chi connectivity index (χ1n) is 6.97. The van der Waals surface area contributed by atoms with Crippen molar-refractivity contribution in [2.45, 2.75) is 37.3 Å². The van der Waals surface area contributed by atoms with Crippen LogP contribution in [0.1, 0.15) is 31.2 Å². The number of nitrogens with one attached hydrogen (secondary N) is 1. The van der Waals surface area contributed by atoms with Gasteiger partial charge < -0.3 is 9.73 Å². The lowest BCUT2D eigenvalue weighted by Gasteiger charge is -2.02. The first-order chi connectivity index (χ1) is 10.9. The predicted octanol–water partition coefficient (Wildman–Crippen LogP) is 1.60. The Labute approximate surface area is 132 Å². The summed E-state index contributed by atoms with van der Waals surface area (Å²) in [4.78, 5) is 11.3. The molecule has 0 aliphatic heterocycles. The molecule has 1 N–H and O–H groups in total. The molecule has 2 aromatic rings. The number of hydrogen-bond acceptors (Lipinski definition) is 6. The van der Waals surface area contributed by atoms with Crippen molar-refractivity contribution in [2.75, 3.05) is 0 Å². The van der Waals surface area contributed by atoms with E-state index in [0.29, 0.717) is 12.8 Å². The topological polar surface area (TPSA) is 102 Å². The Balaban J connectivity index is 2.07. The number of sulfone groups is 1. The van der Waals surface area contributed by atoms with Gasteiger partial charge in [-0.15, -0.1) is 5.10 Å². The number of benzene rings is 1. The van der Waals surface area contributed by atoms with Crippen molar-refractivity contribution in [3.63, 3.8) is 0 Å². The van der Waals surface area contributed by atoms with Crippen molar-refractivity contribution in [1.29, 1.82) is 0 Å². The summed E-state index contributed by atoms with van der Waals surface area (Å²) in [5.41, 5.74) is 0.0171. The molecule has 9 heteroatoms. The van der Waals surface area contributed by atoms with Crippen LogP contribution in [0.4, 0.5) is 4.39 Å².